The van der Waals surface area contributed by atoms with Crippen molar-refractivity contribution in [2.45, 2.75) is 51.4 Å². The summed E-state index contributed by atoms with van der Waals surface area (Å²) < 4.78 is 5.30. The van der Waals surface area contributed by atoms with Gasteiger partial charge in [-0.15, -0.1) is 0 Å². The van der Waals surface area contributed by atoms with Crippen molar-refractivity contribution < 1.29 is 14.6 Å². The fourth-order valence-electron chi connectivity index (χ4n) is 2.18. The predicted octanol–water partition coefficient (Wildman–Crippen LogP) is 1.38. The van der Waals surface area contributed by atoms with Crippen molar-refractivity contribution in [1.82, 2.24) is 4.90 Å². The first kappa shape index (κ1) is 10.7. The highest BCUT2D eigenvalue weighted by Gasteiger charge is 2.49. The summed E-state index contributed by atoms with van der Waals surface area (Å²) in [4.78, 5) is 13.5. The lowest BCUT2D eigenvalue weighted by Gasteiger charge is -2.32. The van der Waals surface area contributed by atoms with Gasteiger partial charge in [-0.25, -0.2) is 4.79 Å². The van der Waals surface area contributed by atoms with Gasteiger partial charge in [-0.1, -0.05) is 0 Å². The summed E-state index contributed by atoms with van der Waals surface area (Å²) in [5.74, 6) is 0.501. The fraction of sp³-hybridized carbons (Fsp3) is 0.909. The number of ether oxygens (including phenoxy) is 1. The van der Waals surface area contributed by atoms with E-state index in [9.17, 15) is 9.90 Å². The Morgan fingerprint density at radius 2 is 2.07 bits per heavy atom. The van der Waals surface area contributed by atoms with E-state index in [0.717, 1.165) is 12.8 Å². The quantitative estimate of drug-likeness (QED) is 0.661. The van der Waals surface area contributed by atoms with Crippen LogP contribution >= 0.6 is 0 Å². The SMILES string of the molecule is CC(C)(C)OC(=O)N1CC(O)C[C@@H]2C[C@@H]21. The Balaban J connectivity index is 1.95. The number of nitrogens with zero attached hydrogens (tertiary/aromatic N) is 1. The van der Waals surface area contributed by atoms with Crippen molar-refractivity contribution in [3.05, 3.63) is 0 Å². The molecule has 0 aromatic heterocycles. The molecule has 1 heterocycles. The Morgan fingerprint density at radius 1 is 1.40 bits per heavy atom. The molecule has 1 unspecified atom stereocenters. The number of aliphatic hydroxyl groups excluding tert-OH is 1. The van der Waals surface area contributed by atoms with E-state index in [1.54, 1.807) is 4.90 Å². The third-order valence-electron chi connectivity index (χ3n) is 2.90. The van der Waals surface area contributed by atoms with Crippen molar-refractivity contribution in [2.24, 2.45) is 5.92 Å². The van der Waals surface area contributed by atoms with Crippen molar-refractivity contribution in [1.29, 1.82) is 0 Å². The van der Waals surface area contributed by atoms with Crippen molar-refractivity contribution in [3.8, 4) is 0 Å². The van der Waals surface area contributed by atoms with Gasteiger partial charge >= 0.3 is 6.09 Å². The minimum Gasteiger partial charge on any atom is -0.444 e. The molecule has 0 radical (unpaired) electrons. The zero-order valence-electron chi connectivity index (χ0n) is 9.56. The lowest BCUT2D eigenvalue weighted by molar-refractivity contribution is 0.00156. The van der Waals surface area contributed by atoms with Gasteiger partial charge in [0, 0.05) is 6.04 Å². The summed E-state index contributed by atoms with van der Waals surface area (Å²) in [5, 5.41) is 9.57. The monoisotopic (exact) mass is 213 g/mol. The molecule has 3 atom stereocenters. The van der Waals surface area contributed by atoms with Crippen LogP contribution < -0.4 is 0 Å². The Bertz CT molecular complexity index is 271. The van der Waals surface area contributed by atoms with E-state index in [-0.39, 0.29) is 12.2 Å². The highest BCUT2D eigenvalue weighted by atomic mass is 16.6. The molecule has 1 aliphatic carbocycles. The molecule has 15 heavy (non-hydrogen) atoms. The molecule has 1 aliphatic heterocycles. The molecule has 2 fully saturated rings. The number of amides is 1. The number of hydrogen-bond donors (Lipinski definition) is 1. The Kier molecular flexibility index (Phi) is 2.41. The molecule has 4 heteroatoms. The van der Waals surface area contributed by atoms with Gasteiger partial charge in [-0.3, -0.25) is 0 Å². The molecular weight excluding hydrogens is 194 g/mol. The first-order valence-electron chi connectivity index (χ1n) is 5.54. The molecule has 2 aliphatic rings. The first-order chi connectivity index (χ1) is 6.87. The van der Waals surface area contributed by atoms with Crippen molar-refractivity contribution in [3.63, 3.8) is 0 Å². The number of fused-ring (bicyclic) bond motifs is 1. The van der Waals surface area contributed by atoms with Crippen LogP contribution in [-0.4, -0.2) is 40.4 Å². The van der Waals surface area contributed by atoms with E-state index in [2.05, 4.69) is 0 Å². The minimum absolute atomic E-state index is 0.284. The van der Waals surface area contributed by atoms with Crippen LogP contribution in [0.15, 0.2) is 0 Å². The third-order valence-corrected chi connectivity index (χ3v) is 2.90. The maximum Gasteiger partial charge on any atom is 0.410 e. The van der Waals surface area contributed by atoms with Crippen LogP contribution in [0.1, 0.15) is 33.6 Å². The number of rotatable bonds is 0. The maximum atomic E-state index is 11.8. The molecule has 0 aromatic rings. The molecule has 4 nitrogen and oxygen atoms in total. The second kappa shape index (κ2) is 3.37. The lowest BCUT2D eigenvalue weighted by Crippen LogP contribution is -2.45. The number of carbonyl (C=O) groups excluding carboxylic acids is 1. The van der Waals surface area contributed by atoms with E-state index in [0.29, 0.717) is 18.5 Å². The maximum absolute atomic E-state index is 11.8. The normalized spacial score (nSPS) is 34.7. The van der Waals surface area contributed by atoms with E-state index in [4.69, 9.17) is 4.74 Å². The van der Waals surface area contributed by atoms with Gasteiger partial charge in [0.15, 0.2) is 0 Å². The molecule has 0 aromatic carbocycles. The summed E-state index contributed by atoms with van der Waals surface area (Å²) in [7, 11) is 0. The van der Waals surface area contributed by atoms with Crippen LogP contribution in [-0.2, 0) is 4.74 Å². The fourth-order valence-corrected chi connectivity index (χ4v) is 2.18. The molecule has 2 rings (SSSR count). The van der Waals surface area contributed by atoms with E-state index < -0.39 is 5.60 Å². The topological polar surface area (TPSA) is 49.8 Å². The van der Waals surface area contributed by atoms with Gasteiger partial charge in [0.25, 0.3) is 0 Å². The summed E-state index contributed by atoms with van der Waals surface area (Å²) in [6.07, 6.45) is 1.20. The van der Waals surface area contributed by atoms with Crippen LogP contribution in [0, 0.1) is 5.92 Å². The number of piperidine rings is 1. The van der Waals surface area contributed by atoms with Gasteiger partial charge in [0.05, 0.1) is 12.6 Å². The van der Waals surface area contributed by atoms with Gasteiger partial charge in [0.1, 0.15) is 5.60 Å². The molecule has 0 spiro atoms. The largest absolute Gasteiger partial charge is 0.444 e. The second-order valence-electron chi connectivity index (χ2n) is 5.59. The van der Waals surface area contributed by atoms with E-state index in [1.807, 2.05) is 20.8 Å². The minimum atomic E-state index is -0.454. The molecule has 1 saturated heterocycles. The molecule has 1 saturated carbocycles. The summed E-state index contributed by atoms with van der Waals surface area (Å²) in [6, 6.07) is 0.322. The van der Waals surface area contributed by atoms with Gasteiger partial charge in [-0.2, -0.15) is 0 Å². The number of β-amino-alcohol motifs (C(OH)–C–C–N with tert-alkyl or cyclic N) is 1. The number of carbonyl (C=O) groups is 1. The smallest absolute Gasteiger partial charge is 0.410 e. The zero-order chi connectivity index (χ0) is 11.2. The predicted molar refractivity (Wildman–Crippen MR) is 55.5 cm³/mol. The molecule has 1 amide bonds. The highest BCUT2D eigenvalue weighted by molar-refractivity contribution is 5.69. The van der Waals surface area contributed by atoms with Crippen molar-refractivity contribution >= 4 is 6.09 Å². The third kappa shape index (κ3) is 2.43. The first-order valence-corrected chi connectivity index (χ1v) is 5.54. The van der Waals surface area contributed by atoms with Gasteiger partial charge in [-0.05, 0) is 39.5 Å². The van der Waals surface area contributed by atoms with E-state index in [1.165, 1.54) is 0 Å². The van der Waals surface area contributed by atoms with Crippen molar-refractivity contribution in [2.75, 3.05) is 6.54 Å². The van der Waals surface area contributed by atoms with Gasteiger partial charge < -0.3 is 14.7 Å². The average Bonchev–Trinajstić information content (AvgIpc) is 2.77. The van der Waals surface area contributed by atoms with Crippen LogP contribution in [0.4, 0.5) is 4.79 Å². The molecule has 1 N–H and O–H groups in total. The highest BCUT2D eigenvalue weighted by Crippen LogP contribution is 2.43. The van der Waals surface area contributed by atoms with Gasteiger partial charge in [0.2, 0.25) is 0 Å². The Morgan fingerprint density at radius 3 is 2.67 bits per heavy atom. The summed E-state index contributed by atoms with van der Waals surface area (Å²) >= 11 is 0. The second-order valence-corrected chi connectivity index (χ2v) is 5.59. The molecular formula is C11H19NO3. The summed E-state index contributed by atoms with van der Waals surface area (Å²) in [5.41, 5.74) is -0.454. The average molecular weight is 213 g/mol. The van der Waals surface area contributed by atoms with E-state index >= 15 is 0 Å². The van der Waals surface area contributed by atoms with Crippen LogP contribution in [0.5, 0.6) is 0 Å². The number of likely N-dealkylation sites (tertiary alicyclic amines) is 1. The Hall–Kier alpha value is -0.770. The van der Waals surface area contributed by atoms with Crippen LogP contribution in [0.3, 0.4) is 0 Å². The number of aliphatic hydroxyl groups is 1. The zero-order valence-corrected chi connectivity index (χ0v) is 9.56. The Labute approximate surface area is 90.2 Å². The summed E-state index contributed by atoms with van der Waals surface area (Å²) in [6.45, 7) is 6.00. The molecule has 0 bridgehead atoms. The van der Waals surface area contributed by atoms with Crippen LogP contribution in [0.25, 0.3) is 0 Å². The number of hydrogen-bond acceptors (Lipinski definition) is 3. The molecule has 86 valence electrons. The standard InChI is InChI=1S/C11H19NO3/c1-11(2,3)15-10(14)12-6-8(13)4-7-5-9(7)12/h7-9,13H,4-6H2,1-3H3/t7-,8?,9+/m1/s1. The van der Waals surface area contributed by atoms with Crippen LogP contribution in [0.2, 0.25) is 0 Å². The lowest BCUT2D eigenvalue weighted by atomic mass is 10.1.